The number of nitrogens with zero attached hydrogens (tertiary/aromatic N) is 1. The van der Waals surface area contributed by atoms with Crippen molar-refractivity contribution in [2.45, 2.75) is 39.2 Å². The lowest BCUT2D eigenvalue weighted by Gasteiger charge is -2.22. The molecule has 0 aliphatic carbocycles. The summed E-state index contributed by atoms with van der Waals surface area (Å²) in [5, 5.41) is 1.21. The highest BCUT2D eigenvalue weighted by molar-refractivity contribution is 5.86. The largest absolute Gasteiger partial charge is 0.377 e. The smallest absolute Gasteiger partial charge is 0.221 e. The van der Waals surface area contributed by atoms with Crippen molar-refractivity contribution in [1.29, 1.82) is 0 Å². The number of carbonyl (C=O) groups is 1. The van der Waals surface area contributed by atoms with E-state index in [0.717, 1.165) is 27.8 Å². The van der Waals surface area contributed by atoms with Gasteiger partial charge >= 0.3 is 0 Å². The van der Waals surface area contributed by atoms with Crippen molar-refractivity contribution in [2.24, 2.45) is 12.8 Å². The lowest BCUT2D eigenvalue weighted by Crippen LogP contribution is -2.18. The van der Waals surface area contributed by atoms with Crippen LogP contribution in [0, 0.1) is 0 Å². The van der Waals surface area contributed by atoms with E-state index in [4.69, 9.17) is 10.5 Å². The second kappa shape index (κ2) is 7.57. The van der Waals surface area contributed by atoms with Crippen molar-refractivity contribution in [3.8, 4) is 11.1 Å². The number of methoxy groups -OCH3 is 1. The Hall–Kier alpha value is -2.59. The highest BCUT2D eigenvalue weighted by Gasteiger charge is 2.19. The molecule has 1 aromatic heterocycles. The van der Waals surface area contributed by atoms with E-state index in [0.29, 0.717) is 0 Å². The Morgan fingerprint density at radius 2 is 1.78 bits per heavy atom. The van der Waals surface area contributed by atoms with Crippen molar-refractivity contribution in [3.63, 3.8) is 0 Å². The molecule has 1 atom stereocenters. The molecule has 1 unspecified atom stereocenters. The summed E-state index contributed by atoms with van der Waals surface area (Å²) >= 11 is 0. The zero-order valence-corrected chi connectivity index (χ0v) is 16.7. The summed E-state index contributed by atoms with van der Waals surface area (Å²) in [5.74, 6) is -0.0394. The van der Waals surface area contributed by atoms with E-state index in [1.807, 2.05) is 6.92 Å². The van der Waals surface area contributed by atoms with E-state index < -0.39 is 0 Å². The van der Waals surface area contributed by atoms with Crippen LogP contribution < -0.4 is 5.73 Å². The molecule has 0 aliphatic rings. The zero-order chi connectivity index (χ0) is 19.7. The van der Waals surface area contributed by atoms with Gasteiger partial charge in [0.05, 0.1) is 12.5 Å². The van der Waals surface area contributed by atoms with Crippen molar-refractivity contribution in [3.05, 3.63) is 59.3 Å². The van der Waals surface area contributed by atoms with E-state index in [-0.39, 0.29) is 24.3 Å². The quantitative estimate of drug-likeness (QED) is 0.689. The number of aromatic nitrogens is 1. The molecule has 27 heavy (non-hydrogen) atoms. The fourth-order valence-corrected chi connectivity index (χ4v) is 3.73. The average Bonchev–Trinajstić information content (AvgIpc) is 3.01. The van der Waals surface area contributed by atoms with Crippen molar-refractivity contribution < 1.29 is 9.53 Å². The Bertz CT molecular complexity index is 985. The SMILES string of the molecule is COC(C)c1cc(-c2ccc3c(ccn3C)c2)cc(C(C)C)c1CC(N)=O. The average molecular weight is 364 g/mol. The zero-order valence-electron chi connectivity index (χ0n) is 16.7. The van der Waals surface area contributed by atoms with Crippen molar-refractivity contribution in [1.82, 2.24) is 4.57 Å². The molecule has 0 spiro atoms. The normalized spacial score (nSPS) is 12.7. The molecular weight excluding hydrogens is 336 g/mol. The van der Waals surface area contributed by atoms with Crippen LogP contribution in [0.2, 0.25) is 0 Å². The summed E-state index contributed by atoms with van der Waals surface area (Å²) in [7, 11) is 3.74. The lowest BCUT2D eigenvalue weighted by molar-refractivity contribution is -0.117. The highest BCUT2D eigenvalue weighted by Crippen LogP contribution is 2.35. The number of benzene rings is 2. The fraction of sp³-hybridized carbons (Fsp3) is 0.348. The van der Waals surface area contributed by atoms with Crippen LogP contribution in [-0.2, 0) is 23.0 Å². The predicted octanol–water partition coefficient (Wildman–Crippen LogP) is 4.70. The Morgan fingerprint density at radius 3 is 2.41 bits per heavy atom. The van der Waals surface area contributed by atoms with Crippen LogP contribution in [0.3, 0.4) is 0 Å². The molecule has 0 bridgehead atoms. The number of carbonyl (C=O) groups excluding carboxylic acids is 1. The van der Waals surface area contributed by atoms with E-state index in [2.05, 4.69) is 68.1 Å². The van der Waals surface area contributed by atoms with Gasteiger partial charge in [-0.2, -0.15) is 0 Å². The third-order valence-corrected chi connectivity index (χ3v) is 5.30. The van der Waals surface area contributed by atoms with Gasteiger partial charge in [0.25, 0.3) is 0 Å². The Kier molecular flexibility index (Phi) is 5.38. The van der Waals surface area contributed by atoms with Gasteiger partial charge in [-0.05, 0) is 64.9 Å². The molecule has 2 N–H and O–H groups in total. The molecular formula is C23H28N2O2. The third kappa shape index (κ3) is 3.76. The number of aryl methyl sites for hydroxylation is 1. The van der Waals surface area contributed by atoms with Gasteiger partial charge in [-0.1, -0.05) is 26.0 Å². The molecule has 3 aromatic rings. The second-order valence-corrected chi connectivity index (χ2v) is 7.51. The van der Waals surface area contributed by atoms with E-state index in [9.17, 15) is 4.79 Å². The molecule has 0 saturated heterocycles. The second-order valence-electron chi connectivity index (χ2n) is 7.51. The maximum Gasteiger partial charge on any atom is 0.221 e. The summed E-state index contributed by atoms with van der Waals surface area (Å²) in [6.07, 6.45) is 2.19. The van der Waals surface area contributed by atoms with Crippen LogP contribution in [0.1, 0.15) is 49.5 Å². The Labute approximate surface area is 160 Å². The van der Waals surface area contributed by atoms with Crippen LogP contribution >= 0.6 is 0 Å². The summed E-state index contributed by atoms with van der Waals surface area (Å²) < 4.78 is 7.72. The van der Waals surface area contributed by atoms with E-state index in [1.54, 1.807) is 7.11 Å². The minimum Gasteiger partial charge on any atom is -0.377 e. The maximum absolute atomic E-state index is 11.7. The van der Waals surface area contributed by atoms with Crippen LogP contribution in [-0.4, -0.2) is 17.6 Å². The van der Waals surface area contributed by atoms with E-state index in [1.165, 1.54) is 10.9 Å². The highest BCUT2D eigenvalue weighted by atomic mass is 16.5. The molecule has 0 aliphatic heterocycles. The van der Waals surface area contributed by atoms with Gasteiger partial charge in [-0.25, -0.2) is 0 Å². The number of rotatable bonds is 6. The number of fused-ring (bicyclic) bond motifs is 1. The molecule has 1 amide bonds. The number of amides is 1. The van der Waals surface area contributed by atoms with Crippen LogP contribution in [0.5, 0.6) is 0 Å². The first-order chi connectivity index (χ1) is 12.8. The minimum atomic E-state index is -0.320. The van der Waals surface area contributed by atoms with Gasteiger partial charge in [0.1, 0.15) is 0 Å². The summed E-state index contributed by atoms with van der Waals surface area (Å²) in [4.78, 5) is 11.7. The molecule has 0 fully saturated rings. The van der Waals surface area contributed by atoms with Crippen molar-refractivity contribution >= 4 is 16.8 Å². The topological polar surface area (TPSA) is 57.2 Å². The number of ether oxygens (including phenoxy) is 1. The molecule has 4 nitrogen and oxygen atoms in total. The van der Waals surface area contributed by atoms with Gasteiger partial charge in [0.2, 0.25) is 5.91 Å². The van der Waals surface area contributed by atoms with E-state index >= 15 is 0 Å². The van der Waals surface area contributed by atoms with Crippen LogP contribution in [0.15, 0.2) is 42.6 Å². The van der Waals surface area contributed by atoms with Gasteiger partial charge in [0, 0.05) is 31.3 Å². The fourth-order valence-electron chi connectivity index (χ4n) is 3.73. The van der Waals surface area contributed by atoms with Gasteiger partial charge in [-0.3, -0.25) is 4.79 Å². The van der Waals surface area contributed by atoms with Crippen LogP contribution in [0.25, 0.3) is 22.0 Å². The Balaban J connectivity index is 2.22. The molecule has 2 aromatic carbocycles. The first kappa shape index (κ1) is 19.2. The number of primary amides is 1. The van der Waals surface area contributed by atoms with Gasteiger partial charge < -0.3 is 15.0 Å². The van der Waals surface area contributed by atoms with Gasteiger partial charge in [0.15, 0.2) is 0 Å². The predicted molar refractivity (Wildman–Crippen MR) is 111 cm³/mol. The number of hydrogen-bond acceptors (Lipinski definition) is 2. The molecule has 4 heteroatoms. The first-order valence-corrected chi connectivity index (χ1v) is 9.35. The Morgan fingerprint density at radius 1 is 1.07 bits per heavy atom. The molecule has 3 rings (SSSR count). The lowest BCUT2D eigenvalue weighted by atomic mass is 9.86. The number of nitrogens with two attached hydrogens (primary N) is 1. The summed E-state index contributed by atoms with van der Waals surface area (Å²) in [6, 6.07) is 13.0. The van der Waals surface area contributed by atoms with Gasteiger partial charge in [-0.15, -0.1) is 0 Å². The number of hydrogen-bond donors (Lipinski definition) is 1. The third-order valence-electron chi connectivity index (χ3n) is 5.30. The summed E-state index contributed by atoms with van der Waals surface area (Å²) in [5.41, 5.74) is 12.2. The maximum atomic E-state index is 11.7. The molecule has 0 saturated carbocycles. The monoisotopic (exact) mass is 364 g/mol. The summed E-state index contributed by atoms with van der Waals surface area (Å²) in [6.45, 7) is 6.30. The van der Waals surface area contributed by atoms with Crippen molar-refractivity contribution in [2.75, 3.05) is 7.11 Å². The standard InChI is InChI=1S/C23H28N2O2/c1-14(2)19-11-18(12-20(15(3)27-5)21(19)13-23(24)26)16-6-7-22-17(10-16)8-9-25(22)4/h6-12,14-15H,13H2,1-5H3,(H2,24,26). The molecule has 0 radical (unpaired) electrons. The first-order valence-electron chi connectivity index (χ1n) is 9.35. The van der Waals surface area contributed by atoms with Crippen LogP contribution in [0.4, 0.5) is 0 Å². The minimum absolute atomic E-state index is 0.114. The molecule has 1 heterocycles. The molecule has 142 valence electrons.